The van der Waals surface area contributed by atoms with E-state index in [1.807, 2.05) is 6.07 Å². The molecule has 0 fully saturated rings. The largest absolute Gasteiger partial charge is 0.480 e. The summed E-state index contributed by atoms with van der Waals surface area (Å²) in [5.41, 5.74) is 0.798. The highest BCUT2D eigenvalue weighted by Crippen LogP contribution is 2.14. The molecule has 0 radical (unpaired) electrons. The Labute approximate surface area is 99.1 Å². The van der Waals surface area contributed by atoms with Crippen molar-refractivity contribution in [3.63, 3.8) is 0 Å². The first kappa shape index (κ1) is 13.2. The third kappa shape index (κ3) is 3.57. The van der Waals surface area contributed by atoms with E-state index in [9.17, 15) is 9.59 Å². The van der Waals surface area contributed by atoms with Crippen molar-refractivity contribution in [3.05, 3.63) is 35.9 Å². The lowest BCUT2D eigenvalue weighted by molar-refractivity contribution is -0.143. The van der Waals surface area contributed by atoms with E-state index in [0.717, 1.165) is 5.56 Å². The van der Waals surface area contributed by atoms with Gasteiger partial charge < -0.3 is 15.5 Å². The molecule has 1 aromatic carbocycles. The first-order valence-corrected chi connectivity index (χ1v) is 5.25. The van der Waals surface area contributed by atoms with Gasteiger partial charge in [-0.05, 0) is 12.5 Å². The summed E-state index contributed by atoms with van der Waals surface area (Å²) in [5, 5.41) is 19.8. The number of aliphatic carboxylic acids is 1. The van der Waals surface area contributed by atoms with Crippen LogP contribution in [0.2, 0.25) is 0 Å². The van der Waals surface area contributed by atoms with Crippen LogP contribution >= 0.6 is 0 Å². The molecule has 0 aliphatic rings. The van der Waals surface area contributed by atoms with Gasteiger partial charge in [-0.3, -0.25) is 4.79 Å². The van der Waals surface area contributed by atoms with Crippen molar-refractivity contribution in [2.75, 3.05) is 6.61 Å². The molecule has 0 saturated heterocycles. The van der Waals surface area contributed by atoms with Gasteiger partial charge in [-0.25, -0.2) is 4.79 Å². The van der Waals surface area contributed by atoms with Crippen molar-refractivity contribution in [1.82, 2.24) is 5.32 Å². The second-order valence-corrected chi connectivity index (χ2v) is 3.71. The van der Waals surface area contributed by atoms with E-state index in [0.29, 0.717) is 0 Å². The molecule has 0 bridgehead atoms. The minimum Gasteiger partial charge on any atom is -0.480 e. The smallest absolute Gasteiger partial charge is 0.328 e. The van der Waals surface area contributed by atoms with Crippen LogP contribution in [0.25, 0.3) is 0 Å². The fraction of sp³-hybridized carbons (Fsp3) is 0.333. The minimum atomic E-state index is -1.26. The highest BCUT2D eigenvalue weighted by molar-refractivity contribution is 5.87. The summed E-state index contributed by atoms with van der Waals surface area (Å²) in [7, 11) is 0. The summed E-state index contributed by atoms with van der Waals surface area (Å²) >= 11 is 0. The Morgan fingerprint density at radius 2 is 1.88 bits per heavy atom. The van der Waals surface area contributed by atoms with Gasteiger partial charge in [-0.2, -0.15) is 0 Å². The number of nitrogens with one attached hydrogen (secondary N) is 1. The van der Waals surface area contributed by atoms with Gasteiger partial charge in [-0.1, -0.05) is 30.3 Å². The summed E-state index contributed by atoms with van der Waals surface area (Å²) in [6, 6.07) is 7.77. The van der Waals surface area contributed by atoms with Gasteiger partial charge in [-0.15, -0.1) is 0 Å². The Kier molecular flexibility index (Phi) is 4.66. The molecule has 1 unspecified atom stereocenters. The number of aliphatic hydroxyl groups is 1. The van der Waals surface area contributed by atoms with E-state index >= 15 is 0 Å². The van der Waals surface area contributed by atoms with Crippen LogP contribution in [-0.2, 0) is 9.59 Å². The van der Waals surface area contributed by atoms with Gasteiger partial charge in [0.05, 0.1) is 12.5 Å². The molecule has 0 spiro atoms. The molecular weight excluding hydrogens is 222 g/mol. The Balaban J connectivity index is 2.68. The standard InChI is InChI=1S/C12H15NO4/c1-8(9-5-3-2-4-6-9)11(15)13-10(7-14)12(16)17/h2-6,8,10,14H,7H2,1H3,(H,13,15)(H,16,17)/t8?,10-/m1/s1. The number of amides is 1. The van der Waals surface area contributed by atoms with Crippen molar-refractivity contribution in [2.24, 2.45) is 0 Å². The molecule has 17 heavy (non-hydrogen) atoms. The number of carbonyl (C=O) groups is 2. The van der Waals surface area contributed by atoms with Gasteiger partial charge in [0.2, 0.25) is 5.91 Å². The van der Waals surface area contributed by atoms with Crippen LogP contribution in [0.3, 0.4) is 0 Å². The van der Waals surface area contributed by atoms with Crippen LogP contribution in [0.4, 0.5) is 0 Å². The molecular formula is C12H15NO4. The Morgan fingerprint density at radius 1 is 1.29 bits per heavy atom. The summed E-state index contributed by atoms with van der Waals surface area (Å²) in [6.45, 7) is 1.06. The van der Waals surface area contributed by atoms with Crippen LogP contribution in [0, 0.1) is 0 Å². The number of aliphatic hydroxyl groups excluding tert-OH is 1. The number of carboxylic acids is 1. The number of hydrogen-bond donors (Lipinski definition) is 3. The van der Waals surface area contributed by atoms with Crippen molar-refractivity contribution in [2.45, 2.75) is 18.9 Å². The maximum Gasteiger partial charge on any atom is 0.328 e. The quantitative estimate of drug-likeness (QED) is 0.689. The highest BCUT2D eigenvalue weighted by atomic mass is 16.4. The normalized spacial score (nSPS) is 13.8. The molecule has 2 atom stereocenters. The van der Waals surface area contributed by atoms with Crippen LogP contribution < -0.4 is 5.32 Å². The molecule has 1 rings (SSSR count). The Morgan fingerprint density at radius 3 is 2.35 bits per heavy atom. The number of carboxylic acid groups (broad SMARTS) is 1. The molecule has 1 aromatic rings. The van der Waals surface area contributed by atoms with E-state index in [2.05, 4.69) is 5.32 Å². The molecule has 92 valence electrons. The van der Waals surface area contributed by atoms with Crippen LogP contribution in [0.5, 0.6) is 0 Å². The third-order valence-corrected chi connectivity index (χ3v) is 2.49. The zero-order valence-corrected chi connectivity index (χ0v) is 9.46. The fourth-order valence-electron chi connectivity index (χ4n) is 1.38. The molecule has 3 N–H and O–H groups in total. The minimum absolute atomic E-state index is 0.419. The van der Waals surface area contributed by atoms with E-state index in [-0.39, 0.29) is 0 Å². The summed E-state index contributed by atoms with van der Waals surface area (Å²) in [6.07, 6.45) is 0. The lowest BCUT2D eigenvalue weighted by Gasteiger charge is -2.16. The van der Waals surface area contributed by atoms with E-state index in [4.69, 9.17) is 10.2 Å². The van der Waals surface area contributed by atoms with Crippen molar-refractivity contribution in [1.29, 1.82) is 0 Å². The molecule has 1 amide bonds. The molecule has 0 aromatic heterocycles. The van der Waals surface area contributed by atoms with Crippen LogP contribution in [0.1, 0.15) is 18.4 Å². The van der Waals surface area contributed by atoms with Gasteiger partial charge in [0, 0.05) is 0 Å². The van der Waals surface area contributed by atoms with Crippen LogP contribution in [-0.4, -0.2) is 34.7 Å². The molecule has 0 aliphatic heterocycles. The predicted octanol–water partition coefficient (Wildman–Crippen LogP) is 0.352. The number of carbonyl (C=O) groups excluding carboxylic acids is 1. The van der Waals surface area contributed by atoms with E-state index in [1.54, 1.807) is 31.2 Å². The average Bonchev–Trinajstić information content (AvgIpc) is 2.35. The van der Waals surface area contributed by atoms with Crippen molar-refractivity contribution >= 4 is 11.9 Å². The summed E-state index contributed by atoms with van der Waals surface area (Å²) in [4.78, 5) is 22.4. The zero-order chi connectivity index (χ0) is 12.8. The zero-order valence-electron chi connectivity index (χ0n) is 9.46. The Bertz CT molecular complexity index is 391. The second-order valence-electron chi connectivity index (χ2n) is 3.71. The summed E-state index contributed by atoms with van der Waals surface area (Å²) < 4.78 is 0. The SMILES string of the molecule is CC(C(=O)N[C@H](CO)C(=O)O)c1ccccc1. The van der Waals surface area contributed by atoms with Crippen LogP contribution in [0.15, 0.2) is 30.3 Å². The maximum atomic E-state index is 11.7. The van der Waals surface area contributed by atoms with Gasteiger partial charge in [0.25, 0.3) is 0 Å². The Hall–Kier alpha value is -1.88. The number of benzene rings is 1. The van der Waals surface area contributed by atoms with Gasteiger partial charge in [0.1, 0.15) is 6.04 Å². The fourth-order valence-corrected chi connectivity index (χ4v) is 1.38. The van der Waals surface area contributed by atoms with Crippen molar-refractivity contribution in [3.8, 4) is 0 Å². The first-order chi connectivity index (χ1) is 8.06. The van der Waals surface area contributed by atoms with Gasteiger partial charge in [0.15, 0.2) is 0 Å². The van der Waals surface area contributed by atoms with Gasteiger partial charge >= 0.3 is 5.97 Å². The first-order valence-electron chi connectivity index (χ1n) is 5.25. The lowest BCUT2D eigenvalue weighted by Crippen LogP contribution is -2.44. The monoisotopic (exact) mass is 237 g/mol. The number of hydrogen-bond acceptors (Lipinski definition) is 3. The molecule has 0 saturated carbocycles. The molecule has 5 heteroatoms. The number of rotatable bonds is 5. The molecule has 0 heterocycles. The van der Waals surface area contributed by atoms with E-state index < -0.39 is 30.4 Å². The third-order valence-electron chi connectivity index (χ3n) is 2.49. The predicted molar refractivity (Wildman–Crippen MR) is 61.5 cm³/mol. The molecule has 5 nitrogen and oxygen atoms in total. The summed E-state index contributed by atoms with van der Waals surface area (Å²) in [5.74, 6) is -2.12. The second kappa shape index (κ2) is 6.00. The average molecular weight is 237 g/mol. The topological polar surface area (TPSA) is 86.6 Å². The lowest BCUT2D eigenvalue weighted by atomic mass is 10.0. The van der Waals surface area contributed by atoms with Crippen molar-refractivity contribution < 1.29 is 19.8 Å². The maximum absolute atomic E-state index is 11.7. The van der Waals surface area contributed by atoms with E-state index in [1.165, 1.54) is 0 Å². The highest BCUT2D eigenvalue weighted by Gasteiger charge is 2.22. The molecule has 0 aliphatic carbocycles.